The van der Waals surface area contributed by atoms with Gasteiger partial charge in [-0.3, -0.25) is 0 Å². The quantitative estimate of drug-likeness (QED) is 0.379. The summed E-state index contributed by atoms with van der Waals surface area (Å²) in [6, 6.07) is 21.8. The highest BCUT2D eigenvalue weighted by Gasteiger charge is 2.16. The number of hydrogen-bond donors (Lipinski definition) is 0. The second kappa shape index (κ2) is 12.0. The molecule has 0 saturated heterocycles. The molecule has 2 atom stereocenters. The Kier molecular flexibility index (Phi) is 9.62. The highest BCUT2D eigenvalue weighted by molar-refractivity contribution is 5.20. The molecule has 27 heavy (non-hydrogen) atoms. The van der Waals surface area contributed by atoms with Gasteiger partial charge in [0.2, 0.25) is 0 Å². The zero-order valence-electron chi connectivity index (χ0n) is 17.7. The summed E-state index contributed by atoms with van der Waals surface area (Å²) in [4.78, 5) is 0. The Morgan fingerprint density at radius 2 is 0.926 bits per heavy atom. The molecule has 0 N–H and O–H groups in total. The standard InChI is InChI=1S/C26H38O/c1-21(2)15-17-25(23-11-7-5-8-12-23)19-27-20-26(18-16-22(3)4)24-13-9-6-10-14-24/h5-14,21-22,25-26H,15-20H2,1-4H3. The minimum Gasteiger partial charge on any atom is -0.380 e. The summed E-state index contributed by atoms with van der Waals surface area (Å²) in [5, 5.41) is 0. The SMILES string of the molecule is CC(C)CCC(COCC(CCC(C)C)c1ccccc1)c1ccccc1. The predicted molar refractivity (Wildman–Crippen MR) is 117 cm³/mol. The Balaban J connectivity index is 1.96. The maximum atomic E-state index is 6.33. The summed E-state index contributed by atoms with van der Waals surface area (Å²) in [6.45, 7) is 10.9. The van der Waals surface area contributed by atoms with Crippen molar-refractivity contribution in [2.75, 3.05) is 13.2 Å². The van der Waals surface area contributed by atoms with Crippen molar-refractivity contribution in [3.8, 4) is 0 Å². The number of rotatable bonds is 12. The van der Waals surface area contributed by atoms with Crippen molar-refractivity contribution < 1.29 is 4.74 Å². The lowest BCUT2D eigenvalue weighted by atomic mass is 9.91. The molecule has 0 saturated carbocycles. The van der Waals surface area contributed by atoms with Crippen LogP contribution in [-0.2, 0) is 4.74 Å². The number of benzene rings is 2. The van der Waals surface area contributed by atoms with E-state index < -0.39 is 0 Å². The van der Waals surface area contributed by atoms with Gasteiger partial charge in [-0.25, -0.2) is 0 Å². The zero-order chi connectivity index (χ0) is 19.5. The van der Waals surface area contributed by atoms with Crippen molar-refractivity contribution in [2.24, 2.45) is 11.8 Å². The van der Waals surface area contributed by atoms with E-state index in [1.54, 1.807) is 0 Å². The van der Waals surface area contributed by atoms with E-state index in [2.05, 4.69) is 88.4 Å². The first-order valence-corrected chi connectivity index (χ1v) is 10.7. The molecule has 1 heteroatoms. The van der Waals surface area contributed by atoms with Crippen LogP contribution in [0.2, 0.25) is 0 Å². The van der Waals surface area contributed by atoms with E-state index in [1.165, 1.54) is 36.8 Å². The van der Waals surface area contributed by atoms with Crippen LogP contribution in [0.25, 0.3) is 0 Å². The zero-order valence-corrected chi connectivity index (χ0v) is 17.7. The fraction of sp³-hybridized carbons (Fsp3) is 0.538. The summed E-state index contributed by atoms with van der Waals surface area (Å²) in [7, 11) is 0. The van der Waals surface area contributed by atoms with Gasteiger partial charge in [0.05, 0.1) is 13.2 Å². The molecule has 0 aliphatic carbocycles. The third-order valence-corrected chi connectivity index (χ3v) is 5.36. The molecule has 0 aliphatic heterocycles. The van der Waals surface area contributed by atoms with Gasteiger partial charge in [0.1, 0.15) is 0 Å². The first kappa shape index (κ1) is 21.7. The van der Waals surface area contributed by atoms with Gasteiger partial charge in [-0.2, -0.15) is 0 Å². The Hall–Kier alpha value is -1.60. The molecule has 0 fully saturated rings. The van der Waals surface area contributed by atoms with Gasteiger partial charge < -0.3 is 4.74 Å². The minimum atomic E-state index is 0.495. The van der Waals surface area contributed by atoms with E-state index >= 15 is 0 Å². The predicted octanol–water partition coefficient (Wildman–Crippen LogP) is 7.44. The van der Waals surface area contributed by atoms with Crippen LogP contribution in [0.15, 0.2) is 60.7 Å². The normalized spacial score (nSPS) is 13.9. The Bertz CT molecular complexity index is 547. The Morgan fingerprint density at radius 3 is 1.26 bits per heavy atom. The van der Waals surface area contributed by atoms with Gasteiger partial charge in [-0.05, 0) is 35.8 Å². The van der Waals surface area contributed by atoms with Crippen LogP contribution < -0.4 is 0 Å². The first-order chi connectivity index (χ1) is 13.1. The van der Waals surface area contributed by atoms with E-state index in [4.69, 9.17) is 4.74 Å². The third kappa shape index (κ3) is 8.30. The molecule has 2 unspecified atom stereocenters. The van der Waals surface area contributed by atoms with E-state index in [9.17, 15) is 0 Å². The molecule has 0 aliphatic rings. The summed E-state index contributed by atoms with van der Waals surface area (Å²) in [5.74, 6) is 2.46. The molecule has 148 valence electrons. The van der Waals surface area contributed by atoms with E-state index in [0.29, 0.717) is 11.8 Å². The lowest BCUT2D eigenvalue weighted by molar-refractivity contribution is 0.0999. The van der Waals surface area contributed by atoms with Crippen LogP contribution >= 0.6 is 0 Å². The van der Waals surface area contributed by atoms with Crippen molar-refractivity contribution in [3.63, 3.8) is 0 Å². The molecule has 0 radical (unpaired) electrons. The third-order valence-electron chi connectivity index (χ3n) is 5.36. The van der Waals surface area contributed by atoms with Gasteiger partial charge in [0, 0.05) is 11.8 Å². The fourth-order valence-corrected chi connectivity index (χ4v) is 3.56. The second-order valence-electron chi connectivity index (χ2n) is 8.70. The number of hydrogen-bond acceptors (Lipinski definition) is 1. The Morgan fingerprint density at radius 1 is 0.556 bits per heavy atom. The van der Waals surface area contributed by atoms with Gasteiger partial charge >= 0.3 is 0 Å². The first-order valence-electron chi connectivity index (χ1n) is 10.7. The maximum absolute atomic E-state index is 6.33. The molecule has 2 aromatic carbocycles. The van der Waals surface area contributed by atoms with E-state index in [-0.39, 0.29) is 0 Å². The van der Waals surface area contributed by atoms with E-state index in [0.717, 1.165) is 25.0 Å². The smallest absolute Gasteiger partial charge is 0.0535 e. The molecule has 1 nitrogen and oxygen atoms in total. The summed E-state index contributed by atoms with van der Waals surface area (Å²) in [6.07, 6.45) is 4.89. The minimum absolute atomic E-state index is 0.495. The van der Waals surface area contributed by atoms with Gasteiger partial charge in [0.25, 0.3) is 0 Å². The average molecular weight is 367 g/mol. The molecule has 0 aromatic heterocycles. The highest BCUT2D eigenvalue weighted by atomic mass is 16.5. The molecule has 2 aromatic rings. The molecular weight excluding hydrogens is 328 g/mol. The van der Waals surface area contributed by atoms with Crippen molar-refractivity contribution in [2.45, 2.75) is 65.2 Å². The van der Waals surface area contributed by atoms with Crippen molar-refractivity contribution in [1.82, 2.24) is 0 Å². The highest BCUT2D eigenvalue weighted by Crippen LogP contribution is 2.27. The van der Waals surface area contributed by atoms with Crippen LogP contribution in [0.5, 0.6) is 0 Å². The summed E-state index contributed by atoms with van der Waals surface area (Å²) < 4.78 is 6.33. The molecule has 0 amide bonds. The lowest BCUT2D eigenvalue weighted by Crippen LogP contribution is -2.14. The van der Waals surface area contributed by atoms with Crippen LogP contribution in [0.1, 0.15) is 76.3 Å². The lowest BCUT2D eigenvalue weighted by Gasteiger charge is -2.22. The van der Waals surface area contributed by atoms with Crippen LogP contribution in [0.3, 0.4) is 0 Å². The Labute approximate surface area is 167 Å². The fourth-order valence-electron chi connectivity index (χ4n) is 3.56. The van der Waals surface area contributed by atoms with Crippen molar-refractivity contribution >= 4 is 0 Å². The second-order valence-corrected chi connectivity index (χ2v) is 8.70. The largest absolute Gasteiger partial charge is 0.380 e. The van der Waals surface area contributed by atoms with Gasteiger partial charge in [-0.1, -0.05) is 101 Å². The molecule has 0 spiro atoms. The molecule has 2 rings (SSSR count). The molecule has 0 heterocycles. The maximum Gasteiger partial charge on any atom is 0.0535 e. The van der Waals surface area contributed by atoms with Crippen LogP contribution in [0.4, 0.5) is 0 Å². The van der Waals surface area contributed by atoms with Crippen LogP contribution in [0, 0.1) is 11.8 Å². The number of ether oxygens (including phenoxy) is 1. The van der Waals surface area contributed by atoms with Crippen LogP contribution in [-0.4, -0.2) is 13.2 Å². The van der Waals surface area contributed by atoms with Crippen molar-refractivity contribution in [1.29, 1.82) is 0 Å². The monoisotopic (exact) mass is 366 g/mol. The average Bonchev–Trinajstić information content (AvgIpc) is 2.68. The topological polar surface area (TPSA) is 9.23 Å². The van der Waals surface area contributed by atoms with E-state index in [1.807, 2.05) is 0 Å². The molecule has 0 bridgehead atoms. The van der Waals surface area contributed by atoms with Gasteiger partial charge in [0.15, 0.2) is 0 Å². The summed E-state index contributed by atoms with van der Waals surface area (Å²) in [5.41, 5.74) is 2.83. The summed E-state index contributed by atoms with van der Waals surface area (Å²) >= 11 is 0. The molecular formula is C26H38O. The van der Waals surface area contributed by atoms with Gasteiger partial charge in [-0.15, -0.1) is 0 Å². The van der Waals surface area contributed by atoms with Crippen molar-refractivity contribution in [3.05, 3.63) is 71.8 Å².